The first-order valence-electron chi connectivity index (χ1n) is 8.91. The van der Waals surface area contributed by atoms with E-state index in [2.05, 4.69) is 10.2 Å². The van der Waals surface area contributed by atoms with Gasteiger partial charge in [0.05, 0.1) is 11.4 Å². The van der Waals surface area contributed by atoms with Gasteiger partial charge in [0.1, 0.15) is 5.82 Å². The third-order valence-electron chi connectivity index (χ3n) is 5.12. The lowest BCUT2D eigenvalue weighted by Gasteiger charge is -2.20. The van der Waals surface area contributed by atoms with Gasteiger partial charge >= 0.3 is 0 Å². The Morgan fingerprint density at radius 2 is 1.89 bits per heavy atom. The normalized spacial score (nSPS) is 15.5. The molecule has 28 heavy (non-hydrogen) atoms. The van der Waals surface area contributed by atoms with Crippen LogP contribution in [0.2, 0.25) is 0 Å². The summed E-state index contributed by atoms with van der Waals surface area (Å²) in [5.41, 5.74) is 2.42. The van der Waals surface area contributed by atoms with Crippen LogP contribution in [-0.2, 0) is 16.6 Å². The van der Waals surface area contributed by atoms with Crippen LogP contribution in [0.15, 0.2) is 30.3 Å². The summed E-state index contributed by atoms with van der Waals surface area (Å²) in [5.74, 6) is -0.953. The monoisotopic (exact) mass is 388 g/mol. The molecule has 5 nitrogen and oxygen atoms in total. The summed E-state index contributed by atoms with van der Waals surface area (Å²) in [5, 5.41) is 7.75. The second kappa shape index (κ2) is 6.32. The average Bonchev–Trinajstić information content (AvgIpc) is 3.16. The third-order valence-corrected chi connectivity index (χ3v) is 5.12. The first kappa shape index (κ1) is 18.5. The van der Waals surface area contributed by atoms with E-state index in [-0.39, 0.29) is 11.7 Å². The minimum atomic E-state index is -2.80. The summed E-state index contributed by atoms with van der Waals surface area (Å²) in [7, 11) is 0. The van der Waals surface area contributed by atoms with Gasteiger partial charge in [0.15, 0.2) is 5.65 Å². The van der Waals surface area contributed by atoms with Crippen molar-refractivity contribution in [3.05, 3.63) is 58.8 Å². The Balaban J connectivity index is 1.98. The highest BCUT2D eigenvalue weighted by Gasteiger charge is 2.41. The molecule has 1 amide bonds. The molecule has 8 heteroatoms. The number of rotatable bonds is 3. The molecule has 2 aromatic heterocycles. The highest BCUT2D eigenvalue weighted by molar-refractivity contribution is 5.95. The Morgan fingerprint density at radius 1 is 1.21 bits per heavy atom. The molecule has 4 rings (SSSR count). The molecular formula is C20H19F3N4O. The summed E-state index contributed by atoms with van der Waals surface area (Å²) in [6, 6.07) is 7.78. The molecule has 1 aliphatic heterocycles. The summed E-state index contributed by atoms with van der Waals surface area (Å²) >= 11 is 0. The number of alkyl halides is 2. The zero-order chi connectivity index (χ0) is 20.2. The van der Waals surface area contributed by atoms with Gasteiger partial charge in [0, 0.05) is 30.9 Å². The van der Waals surface area contributed by atoms with E-state index >= 15 is 0 Å². The molecule has 0 unspecified atom stereocenters. The van der Waals surface area contributed by atoms with E-state index in [4.69, 9.17) is 0 Å². The first-order chi connectivity index (χ1) is 13.2. The number of benzene rings is 1. The Morgan fingerprint density at radius 3 is 2.50 bits per heavy atom. The fourth-order valence-corrected chi connectivity index (χ4v) is 3.92. The van der Waals surface area contributed by atoms with Crippen molar-refractivity contribution < 1.29 is 18.0 Å². The van der Waals surface area contributed by atoms with Gasteiger partial charge in [-0.3, -0.25) is 9.20 Å². The number of hydrogen-bond acceptors (Lipinski definition) is 3. The summed E-state index contributed by atoms with van der Waals surface area (Å²) in [6.07, 6.45) is -2.45. The van der Waals surface area contributed by atoms with Crippen LogP contribution in [0.5, 0.6) is 0 Å². The molecule has 0 aliphatic carbocycles. The molecule has 146 valence electrons. The minimum Gasteiger partial charge on any atom is -0.310 e. The number of halogens is 3. The number of pyridine rings is 1. The molecular weight excluding hydrogens is 369 g/mol. The molecule has 0 atom stereocenters. The van der Waals surface area contributed by atoms with Crippen molar-refractivity contribution in [2.24, 2.45) is 0 Å². The standard InChI is InChI=1S/C20H19F3N4O/c1-11(28)26-10-20(2,3)16-15(26)9-13(8-12-4-6-14(21)7-5-12)18-24-25-19(17(22)23)27(16)18/h4-7,9,17H,8,10H2,1-3H3. The first-order valence-corrected chi connectivity index (χ1v) is 8.91. The SMILES string of the molecule is CC(=O)N1CC(C)(C)c2c1cc(Cc1ccc(F)cc1)c1nnc(C(F)F)n21. The maximum Gasteiger partial charge on any atom is 0.297 e. The van der Waals surface area contributed by atoms with E-state index in [9.17, 15) is 18.0 Å². The number of carbonyl (C=O) groups is 1. The predicted octanol–water partition coefficient (Wildman–Crippen LogP) is 4.04. The van der Waals surface area contributed by atoms with Crippen molar-refractivity contribution in [1.29, 1.82) is 0 Å². The van der Waals surface area contributed by atoms with Crippen LogP contribution in [0.25, 0.3) is 5.65 Å². The van der Waals surface area contributed by atoms with Crippen molar-refractivity contribution >= 4 is 17.2 Å². The van der Waals surface area contributed by atoms with Crippen LogP contribution in [0.1, 0.15) is 49.8 Å². The number of fused-ring (bicyclic) bond motifs is 3. The van der Waals surface area contributed by atoms with Gasteiger partial charge in [-0.2, -0.15) is 0 Å². The topological polar surface area (TPSA) is 50.5 Å². The molecule has 3 aromatic rings. The van der Waals surface area contributed by atoms with Gasteiger partial charge in [-0.25, -0.2) is 13.2 Å². The number of aromatic nitrogens is 3. The smallest absolute Gasteiger partial charge is 0.297 e. The van der Waals surface area contributed by atoms with Crippen molar-refractivity contribution in [3.8, 4) is 0 Å². The highest BCUT2D eigenvalue weighted by Crippen LogP contribution is 2.43. The number of hydrogen-bond donors (Lipinski definition) is 0. The zero-order valence-electron chi connectivity index (χ0n) is 15.7. The lowest BCUT2D eigenvalue weighted by molar-refractivity contribution is -0.116. The van der Waals surface area contributed by atoms with Crippen LogP contribution in [-0.4, -0.2) is 27.0 Å². The van der Waals surface area contributed by atoms with Crippen LogP contribution >= 0.6 is 0 Å². The molecule has 0 radical (unpaired) electrons. The Kier molecular flexibility index (Phi) is 4.17. The molecule has 1 aromatic carbocycles. The second-order valence-electron chi connectivity index (χ2n) is 7.71. The molecule has 0 bridgehead atoms. The Labute approximate surface area is 159 Å². The van der Waals surface area contributed by atoms with Crippen LogP contribution < -0.4 is 4.90 Å². The fraction of sp³-hybridized carbons (Fsp3) is 0.350. The van der Waals surface area contributed by atoms with Crippen LogP contribution in [0, 0.1) is 5.82 Å². The molecule has 0 saturated carbocycles. The lowest BCUT2D eigenvalue weighted by Crippen LogP contribution is -2.32. The van der Waals surface area contributed by atoms with Crippen LogP contribution in [0.3, 0.4) is 0 Å². The maximum absolute atomic E-state index is 13.7. The number of amides is 1. The summed E-state index contributed by atoms with van der Waals surface area (Å²) < 4.78 is 41.9. The Bertz CT molecular complexity index is 1070. The lowest BCUT2D eigenvalue weighted by atomic mass is 9.90. The quantitative estimate of drug-likeness (QED) is 0.680. The largest absolute Gasteiger partial charge is 0.310 e. The van der Waals surface area contributed by atoms with E-state index in [1.165, 1.54) is 23.5 Å². The zero-order valence-corrected chi connectivity index (χ0v) is 15.7. The second-order valence-corrected chi connectivity index (χ2v) is 7.71. The van der Waals surface area contributed by atoms with Crippen molar-refractivity contribution in [2.75, 3.05) is 11.4 Å². The molecule has 0 saturated heterocycles. The summed E-state index contributed by atoms with van der Waals surface area (Å²) in [4.78, 5) is 13.8. The van der Waals surface area contributed by atoms with Gasteiger partial charge in [0.25, 0.3) is 6.43 Å². The fourth-order valence-electron chi connectivity index (χ4n) is 3.92. The van der Waals surface area contributed by atoms with E-state index in [0.29, 0.717) is 35.6 Å². The maximum atomic E-state index is 13.7. The molecule has 0 fully saturated rings. The minimum absolute atomic E-state index is 0.162. The van der Waals surface area contributed by atoms with E-state index in [1.54, 1.807) is 17.0 Å². The molecule has 3 heterocycles. The van der Waals surface area contributed by atoms with Crippen molar-refractivity contribution in [1.82, 2.24) is 14.6 Å². The summed E-state index contributed by atoms with van der Waals surface area (Å²) in [6.45, 7) is 5.65. The third kappa shape index (κ3) is 2.83. The van der Waals surface area contributed by atoms with Crippen molar-refractivity contribution in [2.45, 2.75) is 39.0 Å². The van der Waals surface area contributed by atoms with Gasteiger partial charge in [0.2, 0.25) is 11.7 Å². The van der Waals surface area contributed by atoms with Gasteiger partial charge < -0.3 is 4.90 Å². The number of carbonyl (C=O) groups excluding carboxylic acids is 1. The Hall–Kier alpha value is -2.90. The van der Waals surface area contributed by atoms with Crippen molar-refractivity contribution in [3.63, 3.8) is 0 Å². The predicted molar refractivity (Wildman–Crippen MR) is 98.2 cm³/mol. The van der Waals surface area contributed by atoms with Gasteiger partial charge in [-0.1, -0.05) is 26.0 Å². The highest BCUT2D eigenvalue weighted by atomic mass is 19.3. The van der Waals surface area contributed by atoms with E-state index in [0.717, 1.165) is 5.56 Å². The average molecular weight is 388 g/mol. The van der Waals surface area contributed by atoms with E-state index in [1.807, 2.05) is 19.9 Å². The molecule has 1 aliphatic rings. The number of anilines is 1. The van der Waals surface area contributed by atoms with Crippen LogP contribution in [0.4, 0.5) is 18.9 Å². The molecule has 0 spiro atoms. The van der Waals surface area contributed by atoms with Gasteiger partial charge in [-0.15, -0.1) is 10.2 Å². The van der Waals surface area contributed by atoms with E-state index < -0.39 is 17.7 Å². The number of nitrogens with zero attached hydrogens (tertiary/aromatic N) is 4. The van der Waals surface area contributed by atoms with Gasteiger partial charge in [-0.05, 0) is 23.8 Å². The molecule has 0 N–H and O–H groups in total.